The number of aryl methyl sites for hydroxylation is 1. The van der Waals surface area contributed by atoms with E-state index in [0.29, 0.717) is 6.61 Å². The molecule has 4 rings (SSSR count). The van der Waals surface area contributed by atoms with E-state index in [1.165, 1.54) is 27.6 Å². The van der Waals surface area contributed by atoms with E-state index >= 15 is 0 Å². The van der Waals surface area contributed by atoms with E-state index < -0.39 is 5.97 Å². The summed E-state index contributed by atoms with van der Waals surface area (Å²) in [5.74, 6) is 6.41. The molecule has 5 heteroatoms. The van der Waals surface area contributed by atoms with Gasteiger partial charge in [-0.15, -0.1) is 5.92 Å². The molecule has 0 amide bonds. The summed E-state index contributed by atoms with van der Waals surface area (Å²) >= 11 is 1.84. The van der Waals surface area contributed by atoms with Crippen molar-refractivity contribution in [2.24, 2.45) is 0 Å². The van der Waals surface area contributed by atoms with Crippen molar-refractivity contribution < 1.29 is 14.6 Å². The Morgan fingerprint density at radius 1 is 1.08 bits per heavy atom. The largest absolute Gasteiger partial charge is 0.489 e. The molecule has 0 spiro atoms. The van der Waals surface area contributed by atoms with Crippen LogP contribution in [0.5, 0.6) is 5.75 Å². The summed E-state index contributed by atoms with van der Waals surface area (Å²) in [6.45, 7) is 5.18. The Labute approximate surface area is 217 Å². The molecule has 4 aromatic rings. The van der Waals surface area contributed by atoms with E-state index in [0.717, 1.165) is 29.2 Å². The lowest BCUT2D eigenvalue weighted by Gasteiger charge is -2.14. The number of aliphatic carboxylic acids is 1. The van der Waals surface area contributed by atoms with Crippen LogP contribution >= 0.6 is 11.8 Å². The third-order valence-corrected chi connectivity index (χ3v) is 6.95. The molecule has 0 aliphatic carbocycles. The van der Waals surface area contributed by atoms with Gasteiger partial charge in [-0.2, -0.15) is 11.8 Å². The molecule has 36 heavy (non-hydrogen) atoms. The average molecular weight is 498 g/mol. The highest BCUT2D eigenvalue weighted by Gasteiger charge is 2.14. The number of ether oxygens (including phenoxy) is 1. The number of hydrogen-bond donors (Lipinski definition) is 1. The molecule has 0 aliphatic rings. The summed E-state index contributed by atoms with van der Waals surface area (Å²) in [4.78, 5) is 11.2. The van der Waals surface area contributed by atoms with E-state index in [4.69, 9.17) is 9.84 Å². The molecule has 3 aromatic carbocycles. The topological polar surface area (TPSA) is 51.5 Å². The number of rotatable bonds is 10. The molecule has 0 saturated carbocycles. The van der Waals surface area contributed by atoms with Gasteiger partial charge in [0.1, 0.15) is 12.4 Å². The Bertz CT molecular complexity index is 1410. The highest BCUT2D eigenvalue weighted by molar-refractivity contribution is 7.97. The fourth-order valence-corrected chi connectivity index (χ4v) is 5.06. The predicted molar refractivity (Wildman–Crippen MR) is 149 cm³/mol. The summed E-state index contributed by atoms with van der Waals surface area (Å²) in [6.07, 6.45) is 4.28. The van der Waals surface area contributed by atoms with Crippen LogP contribution < -0.4 is 4.74 Å². The van der Waals surface area contributed by atoms with Gasteiger partial charge in [0, 0.05) is 18.5 Å². The van der Waals surface area contributed by atoms with Crippen molar-refractivity contribution in [3.8, 4) is 17.6 Å². The van der Waals surface area contributed by atoms with Crippen LogP contribution in [0.15, 0.2) is 72.9 Å². The molecule has 0 bridgehead atoms. The molecule has 0 unspecified atom stereocenters. The molecular weight excluding hydrogens is 466 g/mol. The van der Waals surface area contributed by atoms with Crippen LogP contribution in [-0.4, -0.2) is 21.9 Å². The zero-order chi connectivity index (χ0) is 25.5. The number of aromatic nitrogens is 1. The van der Waals surface area contributed by atoms with E-state index in [-0.39, 0.29) is 12.3 Å². The molecule has 1 N–H and O–H groups in total. The van der Waals surface area contributed by atoms with Crippen LogP contribution in [0, 0.1) is 18.8 Å². The second-order valence-electron chi connectivity index (χ2n) is 8.89. The first kappa shape index (κ1) is 25.5. The van der Waals surface area contributed by atoms with Crippen molar-refractivity contribution in [1.82, 2.24) is 4.57 Å². The fourth-order valence-electron chi connectivity index (χ4n) is 4.55. The molecule has 4 nitrogen and oxygen atoms in total. The molecular formula is C31H31NO3S. The molecule has 1 heterocycles. The Balaban J connectivity index is 1.50. The number of benzene rings is 3. The number of fused-ring (bicyclic) bond motifs is 1. The molecule has 0 aliphatic heterocycles. The van der Waals surface area contributed by atoms with Gasteiger partial charge in [-0.25, -0.2) is 0 Å². The number of carboxylic acids is 1. The van der Waals surface area contributed by atoms with Crippen LogP contribution in [0.2, 0.25) is 0 Å². The molecule has 0 radical (unpaired) electrons. The maximum Gasteiger partial charge on any atom is 0.304 e. The Morgan fingerprint density at radius 2 is 1.86 bits per heavy atom. The van der Waals surface area contributed by atoms with Crippen LogP contribution in [-0.2, 0) is 23.7 Å². The number of carbonyl (C=O) groups is 1. The van der Waals surface area contributed by atoms with Crippen molar-refractivity contribution in [3.63, 3.8) is 0 Å². The Hall–Kier alpha value is -3.62. The van der Waals surface area contributed by atoms with Crippen LogP contribution in [0.25, 0.3) is 10.9 Å². The van der Waals surface area contributed by atoms with Crippen LogP contribution in [0.1, 0.15) is 47.1 Å². The van der Waals surface area contributed by atoms with Gasteiger partial charge in [0.15, 0.2) is 0 Å². The second kappa shape index (κ2) is 11.9. The Morgan fingerprint density at radius 3 is 2.58 bits per heavy atom. The maximum absolute atomic E-state index is 11.2. The first-order valence-corrected chi connectivity index (χ1v) is 13.4. The lowest BCUT2D eigenvalue weighted by atomic mass is 9.96. The first-order valence-electron chi connectivity index (χ1n) is 12.0. The highest BCUT2D eigenvalue weighted by Crippen LogP contribution is 2.27. The van der Waals surface area contributed by atoms with Gasteiger partial charge in [-0.3, -0.25) is 4.79 Å². The molecule has 0 fully saturated rings. The van der Waals surface area contributed by atoms with Crippen molar-refractivity contribution in [2.75, 3.05) is 6.26 Å². The monoisotopic (exact) mass is 497 g/mol. The van der Waals surface area contributed by atoms with Crippen LogP contribution in [0.3, 0.4) is 0 Å². The van der Waals surface area contributed by atoms with Crippen molar-refractivity contribution in [2.45, 2.75) is 45.1 Å². The standard InChI is InChI=1S/C31H31NO3S/c1-4-6-27(18-30(33)34)25-11-13-29(14-12-25)35-20-28-10-9-26-15-16-32(31(26)22(28)2)19-23-7-5-8-24(17-23)21-36-3/h5,7-17,27H,18-21H2,1-3H3,(H,33,34)/t27-/m0/s1. The first-order chi connectivity index (χ1) is 17.5. The van der Waals surface area contributed by atoms with Crippen molar-refractivity contribution >= 4 is 28.6 Å². The van der Waals surface area contributed by atoms with Crippen molar-refractivity contribution in [3.05, 3.63) is 101 Å². The maximum atomic E-state index is 11.2. The number of thioether (sulfide) groups is 1. The summed E-state index contributed by atoms with van der Waals surface area (Å²) in [5, 5.41) is 10.4. The highest BCUT2D eigenvalue weighted by atomic mass is 32.2. The number of hydrogen-bond acceptors (Lipinski definition) is 3. The average Bonchev–Trinajstić information content (AvgIpc) is 3.27. The molecule has 184 valence electrons. The normalized spacial score (nSPS) is 11.6. The second-order valence-corrected chi connectivity index (χ2v) is 9.75. The SMILES string of the molecule is CC#C[C@@H](CC(=O)O)c1ccc(OCc2ccc3ccn(Cc4cccc(CSC)c4)c3c2C)cc1. The van der Waals surface area contributed by atoms with Gasteiger partial charge < -0.3 is 14.4 Å². The quantitative estimate of drug-likeness (QED) is 0.239. The molecule has 0 saturated heterocycles. The fraction of sp³-hybridized carbons (Fsp3) is 0.258. The minimum Gasteiger partial charge on any atom is -0.489 e. The van der Waals surface area contributed by atoms with E-state index in [9.17, 15) is 4.79 Å². The van der Waals surface area contributed by atoms with Gasteiger partial charge in [-0.1, -0.05) is 54.5 Å². The van der Waals surface area contributed by atoms with Gasteiger partial charge in [0.05, 0.1) is 17.9 Å². The van der Waals surface area contributed by atoms with Gasteiger partial charge in [-0.05, 0) is 71.5 Å². The van der Waals surface area contributed by atoms with Gasteiger partial charge >= 0.3 is 5.97 Å². The van der Waals surface area contributed by atoms with Crippen LogP contribution in [0.4, 0.5) is 0 Å². The summed E-state index contributed by atoms with van der Waals surface area (Å²) in [7, 11) is 0. The number of nitrogens with zero attached hydrogens (tertiary/aromatic N) is 1. The van der Waals surface area contributed by atoms with E-state index in [2.05, 4.69) is 78.2 Å². The smallest absolute Gasteiger partial charge is 0.304 e. The summed E-state index contributed by atoms with van der Waals surface area (Å²) in [6, 6.07) is 22.9. The van der Waals surface area contributed by atoms with E-state index in [1.54, 1.807) is 6.92 Å². The zero-order valence-corrected chi connectivity index (χ0v) is 21.8. The lowest BCUT2D eigenvalue weighted by Crippen LogP contribution is -2.05. The predicted octanol–water partition coefficient (Wildman–Crippen LogP) is 7.02. The number of carboxylic acid groups (broad SMARTS) is 1. The van der Waals surface area contributed by atoms with Crippen molar-refractivity contribution in [1.29, 1.82) is 0 Å². The third-order valence-electron chi connectivity index (χ3n) is 6.33. The minimum atomic E-state index is -0.855. The Kier molecular flexibility index (Phi) is 8.40. The molecule has 1 aromatic heterocycles. The summed E-state index contributed by atoms with van der Waals surface area (Å²) < 4.78 is 8.43. The van der Waals surface area contributed by atoms with Gasteiger partial charge in [0.25, 0.3) is 0 Å². The van der Waals surface area contributed by atoms with E-state index in [1.807, 2.05) is 36.0 Å². The summed E-state index contributed by atoms with van der Waals surface area (Å²) in [5.41, 5.74) is 7.13. The third kappa shape index (κ3) is 6.13. The minimum absolute atomic E-state index is 0.0121. The molecule has 1 atom stereocenters. The van der Waals surface area contributed by atoms with Gasteiger partial charge in [0.2, 0.25) is 0 Å². The lowest BCUT2D eigenvalue weighted by molar-refractivity contribution is -0.137. The zero-order valence-electron chi connectivity index (χ0n) is 21.0.